The second-order valence-corrected chi connectivity index (χ2v) is 9.63. The summed E-state index contributed by atoms with van der Waals surface area (Å²) in [7, 11) is 0. The van der Waals surface area contributed by atoms with Gasteiger partial charge in [0.05, 0.1) is 0 Å². The molecule has 2 nitrogen and oxygen atoms in total. The highest BCUT2D eigenvalue weighted by atomic mass is 16.6. The highest BCUT2D eigenvalue weighted by molar-refractivity contribution is 5.67. The first-order chi connectivity index (χ1) is 11.9. The molecule has 7 atom stereocenters. The van der Waals surface area contributed by atoms with Crippen molar-refractivity contribution < 1.29 is 9.53 Å². The summed E-state index contributed by atoms with van der Waals surface area (Å²) in [6, 6.07) is 0. The van der Waals surface area contributed by atoms with E-state index in [0.717, 1.165) is 37.0 Å². The summed E-state index contributed by atoms with van der Waals surface area (Å²) < 4.78 is 5.85. The molecule has 0 spiro atoms. The molecule has 25 heavy (non-hydrogen) atoms. The predicted octanol–water partition coefficient (Wildman–Crippen LogP) is 5.13. The van der Waals surface area contributed by atoms with E-state index in [1.165, 1.54) is 39.0 Å². The molecule has 3 saturated carbocycles. The molecule has 3 fully saturated rings. The van der Waals surface area contributed by atoms with E-state index in [1.54, 1.807) is 0 Å². The summed E-state index contributed by atoms with van der Waals surface area (Å²) in [4.78, 5) is 11.8. The Balaban J connectivity index is 1.67. The third-order valence-corrected chi connectivity index (χ3v) is 8.88. The Kier molecular flexibility index (Phi) is 3.87. The maximum atomic E-state index is 11.8. The minimum atomic E-state index is -0.682. The van der Waals surface area contributed by atoms with Crippen molar-refractivity contribution in [2.24, 2.45) is 34.5 Å². The number of terminal acetylenes is 1. The maximum absolute atomic E-state index is 11.8. The highest BCUT2D eigenvalue weighted by Gasteiger charge is 2.65. The lowest BCUT2D eigenvalue weighted by molar-refractivity contribution is -0.172. The average Bonchev–Trinajstić information content (AvgIpc) is 2.87. The third-order valence-electron chi connectivity index (χ3n) is 8.88. The zero-order valence-corrected chi connectivity index (χ0v) is 16.0. The molecule has 4 aliphatic rings. The largest absolute Gasteiger partial charge is 0.445 e. The number of carbonyl (C=O) groups is 1. The van der Waals surface area contributed by atoms with Crippen LogP contribution < -0.4 is 0 Å². The van der Waals surface area contributed by atoms with Crippen molar-refractivity contribution in [3.05, 3.63) is 12.2 Å². The summed E-state index contributed by atoms with van der Waals surface area (Å²) in [5.41, 5.74) is -0.275. The quantitative estimate of drug-likeness (QED) is 0.376. The van der Waals surface area contributed by atoms with Gasteiger partial charge >= 0.3 is 5.97 Å². The number of hydrogen-bond donors (Lipinski definition) is 0. The van der Waals surface area contributed by atoms with Crippen molar-refractivity contribution in [3.63, 3.8) is 0 Å². The Morgan fingerprint density at radius 3 is 2.60 bits per heavy atom. The standard InChI is InChI=1S/C23H32O2/c1-5-23(25-16(2)24)15-12-20-18-10-9-17-8-6-7-13-21(17,3)19(18)11-14-22(20,23)4/h1,6-7,17-20H,8-15H2,2-4H3/t17-,18+,19-,20-,21-,22-,23+/m0/s1. The Morgan fingerprint density at radius 1 is 1.12 bits per heavy atom. The van der Waals surface area contributed by atoms with Gasteiger partial charge in [0.1, 0.15) is 0 Å². The van der Waals surface area contributed by atoms with E-state index in [2.05, 4.69) is 31.9 Å². The van der Waals surface area contributed by atoms with Gasteiger partial charge in [-0.1, -0.05) is 31.9 Å². The molecule has 0 heterocycles. The first-order valence-corrected chi connectivity index (χ1v) is 10.2. The van der Waals surface area contributed by atoms with Crippen LogP contribution in [0.5, 0.6) is 0 Å². The van der Waals surface area contributed by atoms with Crippen LogP contribution in [0.4, 0.5) is 0 Å². The minimum absolute atomic E-state index is 0.0533. The smallest absolute Gasteiger partial charge is 0.304 e. The molecule has 0 aromatic heterocycles. The van der Waals surface area contributed by atoms with E-state index in [4.69, 9.17) is 11.2 Å². The first kappa shape index (κ1) is 17.2. The van der Waals surface area contributed by atoms with Gasteiger partial charge in [0.25, 0.3) is 0 Å². The number of hydrogen-bond acceptors (Lipinski definition) is 2. The zero-order valence-electron chi connectivity index (χ0n) is 16.0. The van der Waals surface area contributed by atoms with E-state index in [0.29, 0.717) is 11.3 Å². The maximum Gasteiger partial charge on any atom is 0.304 e. The number of fused-ring (bicyclic) bond motifs is 5. The van der Waals surface area contributed by atoms with Crippen LogP contribution in [0, 0.1) is 46.8 Å². The van der Waals surface area contributed by atoms with E-state index < -0.39 is 5.60 Å². The molecule has 0 aromatic carbocycles. The topological polar surface area (TPSA) is 26.3 Å². The Labute approximate surface area is 152 Å². The Bertz CT molecular complexity index is 643. The monoisotopic (exact) mass is 340 g/mol. The van der Waals surface area contributed by atoms with Gasteiger partial charge in [-0.15, -0.1) is 6.42 Å². The molecule has 0 saturated heterocycles. The number of allylic oxidation sites excluding steroid dienone is 2. The summed E-state index contributed by atoms with van der Waals surface area (Å²) >= 11 is 0. The second-order valence-electron chi connectivity index (χ2n) is 9.63. The van der Waals surface area contributed by atoms with Crippen LogP contribution in [0.2, 0.25) is 0 Å². The van der Waals surface area contributed by atoms with Crippen LogP contribution in [-0.4, -0.2) is 11.6 Å². The van der Waals surface area contributed by atoms with Gasteiger partial charge in [-0.05, 0) is 80.5 Å². The van der Waals surface area contributed by atoms with Crippen molar-refractivity contribution in [2.75, 3.05) is 0 Å². The molecule has 0 amide bonds. The number of rotatable bonds is 1. The fourth-order valence-electron chi connectivity index (χ4n) is 7.52. The Morgan fingerprint density at radius 2 is 1.88 bits per heavy atom. The predicted molar refractivity (Wildman–Crippen MR) is 99.6 cm³/mol. The number of ether oxygens (including phenoxy) is 1. The van der Waals surface area contributed by atoms with Gasteiger partial charge in [0.15, 0.2) is 5.60 Å². The van der Waals surface area contributed by atoms with Crippen molar-refractivity contribution in [1.82, 2.24) is 0 Å². The Hall–Kier alpha value is -1.23. The summed E-state index contributed by atoms with van der Waals surface area (Å²) in [5, 5.41) is 0. The summed E-state index contributed by atoms with van der Waals surface area (Å²) in [6.45, 7) is 6.37. The zero-order chi connectivity index (χ0) is 17.9. The van der Waals surface area contributed by atoms with Crippen molar-refractivity contribution in [3.8, 4) is 12.3 Å². The third kappa shape index (κ3) is 2.20. The second kappa shape index (κ2) is 5.63. The first-order valence-electron chi connectivity index (χ1n) is 10.2. The lowest BCUT2D eigenvalue weighted by atomic mass is 9.45. The van der Waals surface area contributed by atoms with Gasteiger partial charge in [0, 0.05) is 12.3 Å². The van der Waals surface area contributed by atoms with Gasteiger partial charge < -0.3 is 4.74 Å². The molecule has 0 N–H and O–H groups in total. The molecule has 0 bridgehead atoms. The van der Waals surface area contributed by atoms with Crippen molar-refractivity contribution in [2.45, 2.75) is 77.7 Å². The van der Waals surface area contributed by atoms with E-state index >= 15 is 0 Å². The molecule has 0 aliphatic heterocycles. The summed E-state index contributed by atoms with van der Waals surface area (Å²) in [5.74, 6) is 5.74. The normalized spacial score (nSPS) is 51.0. The van der Waals surface area contributed by atoms with Gasteiger partial charge in [-0.3, -0.25) is 4.79 Å². The van der Waals surface area contributed by atoms with Crippen molar-refractivity contribution >= 4 is 5.97 Å². The van der Waals surface area contributed by atoms with Gasteiger partial charge in [0.2, 0.25) is 0 Å². The van der Waals surface area contributed by atoms with Crippen LogP contribution in [0.15, 0.2) is 12.2 Å². The molecule has 0 aromatic rings. The van der Waals surface area contributed by atoms with Crippen LogP contribution in [-0.2, 0) is 9.53 Å². The molecule has 136 valence electrons. The molecule has 0 unspecified atom stereocenters. The average molecular weight is 341 g/mol. The van der Waals surface area contributed by atoms with Gasteiger partial charge in [-0.2, -0.15) is 0 Å². The van der Waals surface area contributed by atoms with E-state index in [1.807, 2.05) is 0 Å². The number of esters is 1. The van der Waals surface area contributed by atoms with Crippen LogP contribution >= 0.6 is 0 Å². The fraction of sp³-hybridized carbons (Fsp3) is 0.783. The van der Waals surface area contributed by atoms with Crippen LogP contribution in [0.25, 0.3) is 0 Å². The molecular formula is C23H32O2. The molecular weight excluding hydrogens is 308 g/mol. The van der Waals surface area contributed by atoms with Crippen LogP contribution in [0.3, 0.4) is 0 Å². The summed E-state index contributed by atoms with van der Waals surface area (Å²) in [6.07, 6.45) is 20.3. The SMILES string of the molecule is C#C[C@@]1(OC(C)=O)CC[C@H]2[C@@H]3CC[C@@H]4CC=CC[C@]4(C)[C@H]3CC[C@@]21C. The van der Waals surface area contributed by atoms with Crippen LogP contribution in [0.1, 0.15) is 72.1 Å². The molecule has 4 aliphatic carbocycles. The lowest BCUT2D eigenvalue weighted by Crippen LogP contribution is -2.56. The fourth-order valence-corrected chi connectivity index (χ4v) is 7.52. The minimum Gasteiger partial charge on any atom is -0.445 e. The van der Waals surface area contributed by atoms with Crippen molar-refractivity contribution in [1.29, 1.82) is 0 Å². The highest BCUT2D eigenvalue weighted by Crippen LogP contribution is 2.68. The number of carbonyl (C=O) groups excluding carboxylic acids is 1. The van der Waals surface area contributed by atoms with Gasteiger partial charge in [-0.25, -0.2) is 0 Å². The molecule has 4 rings (SSSR count). The van der Waals surface area contributed by atoms with E-state index in [-0.39, 0.29) is 11.4 Å². The molecule has 2 heteroatoms. The van der Waals surface area contributed by atoms with E-state index in [9.17, 15) is 4.79 Å². The molecule has 0 radical (unpaired) electrons. The lowest BCUT2D eigenvalue weighted by Gasteiger charge is -2.60.